The molecule has 1 aliphatic rings. The number of rotatable bonds is 2. The summed E-state index contributed by atoms with van der Waals surface area (Å²) >= 11 is 6.21. The average Bonchev–Trinajstić information content (AvgIpc) is 2.35. The van der Waals surface area contributed by atoms with Crippen LogP contribution in [0.15, 0.2) is 0 Å². The summed E-state index contributed by atoms with van der Waals surface area (Å²) in [5.41, 5.74) is 1.82. The molecule has 100 valence electrons. The van der Waals surface area contributed by atoms with Gasteiger partial charge in [0.15, 0.2) is 11.0 Å². The van der Waals surface area contributed by atoms with E-state index >= 15 is 0 Å². The summed E-state index contributed by atoms with van der Waals surface area (Å²) in [7, 11) is 1.76. The predicted molar refractivity (Wildman–Crippen MR) is 73.3 cm³/mol. The molecule has 0 saturated carbocycles. The minimum absolute atomic E-state index is 0.234. The van der Waals surface area contributed by atoms with E-state index in [9.17, 15) is 0 Å². The highest BCUT2D eigenvalue weighted by atomic mass is 35.5. The molecule has 18 heavy (non-hydrogen) atoms. The molecule has 2 rings (SSSR count). The van der Waals surface area contributed by atoms with Gasteiger partial charge in [0.1, 0.15) is 0 Å². The van der Waals surface area contributed by atoms with E-state index in [0.717, 1.165) is 36.7 Å². The molecule has 0 aliphatic carbocycles. The number of nitrogens with zero attached hydrogens (tertiary/aromatic N) is 3. The van der Waals surface area contributed by atoms with E-state index in [1.807, 2.05) is 13.8 Å². The van der Waals surface area contributed by atoms with Crippen molar-refractivity contribution in [2.75, 3.05) is 25.1 Å². The van der Waals surface area contributed by atoms with Gasteiger partial charge in [-0.3, -0.25) is 0 Å². The number of anilines is 1. The zero-order chi connectivity index (χ0) is 13.3. The van der Waals surface area contributed by atoms with Gasteiger partial charge in [0.05, 0.1) is 17.5 Å². The van der Waals surface area contributed by atoms with Gasteiger partial charge in [0.2, 0.25) is 0 Å². The second-order valence-corrected chi connectivity index (χ2v) is 5.35. The smallest absolute Gasteiger partial charge is 0.171 e. The highest BCUT2D eigenvalue weighted by Crippen LogP contribution is 2.28. The quantitative estimate of drug-likeness (QED) is 0.827. The van der Waals surface area contributed by atoms with Gasteiger partial charge in [-0.2, -0.15) is 0 Å². The molecule has 0 amide bonds. The third-order valence-corrected chi connectivity index (χ3v) is 3.99. The molecule has 1 saturated heterocycles. The Balaban J connectivity index is 2.24. The Labute approximate surface area is 113 Å². The van der Waals surface area contributed by atoms with Crippen LogP contribution in [0.1, 0.15) is 24.7 Å². The van der Waals surface area contributed by atoms with E-state index in [2.05, 4.69) is 21.8 Å². The molecule has 2 heterocycles. The maximum Gasteiger partial charge on any atom is 0.171 e. The number of halogens is 1. The van der Waals surface area contributed by atoms with E-state index < -0.39 is 0 Å². The summed E-state index contributed by atoms with van der Waals surface area (Å²) < 4.78 is 5.52. The van der Waals surface area contributed by atoms with Gasteiger partial charge in [-0.25, -0.2) is 9.97 Å². The van der Waals surface area contributed by atoms with Crippen molar-refractivity contribution in [1.82, 2.24) is 9.97 Å². The molecule has 2 unspecified atom stereocenters. The lowest BCUT2D eigenvalue weighted by Gasteiger charge is -2.37. The molecule has 0 radical (unpaired) electrons. The second kappa shape index (κ2) is 5.41. The molecule has 0 spiro atoms. The van der Waals surface area contributed by atoms with Crippen LogP contribution in [-0.2, 0) is 4.74 Å². The van der Waals surface area contributed by atoms with Crippen LogP contribution in [0.4, 0.5) is 5.82 Å². The molecule has 4 nitrogen and oxygen atoms in total. The summed E-state index contributed by atoms with van der Waals surface area (Å²) in [5, 5.41) is 0.488. The van der Waals surface area contributed by atoms with Crippen molar-refractivity contribution in [3.05, 3.63) is 16.5 Å². The standard InChI is InChI=1S/C13H20ClN3O/c1-8-5-6-17(7-11(8)18-4)13-12(14)15-9(2)10(3)16-13/h8,11H,5-7H2,1-4H3. The second-order valence-electron chi connectivity index (χ2n) is 4.99. The van der Waals surface area contributed by atoms with Gasteiger partial charge in [-0.15, -0.1) is 0 Å². The lowest BCUT2D eigenvalue weighted by atomic mass is 9.96. The van der Waals surface area contributed by atoms with Crippen molar-refractivity contribution in [2.24, 2.45) is 5.92 Å². The first-order chi connectivity index (χ1) is 8.52. The first kappa shape index (κ1) is 13.6. The van der Waals surface area contributed by atoms with Gasteiger partial charge >= 0.3 is 0 Å². The number of methoxy groups -OCH3 is 1. The van der Waals surface area contributed by atoms with Crippen LogP contribution in [0.3, 0.4) is 0 Å². The number of ether oxygens (including phenoxy) is 1. The average molecular weight is 270 g/mol. The van der Waals surface area contributed by atoms with Gasteiger partial charge in [-0.05, 0) is 26.2 Å². The van der Waals surface area contributed by atoms with Gasteiger partial charge in [0.25, 0.3) is 0 Å². The van der Waals surface area contributed by atoms with Crippen molar-refractivity contribution < 1.29 is 4.74 Å². The lowest BCUT2D eigenvalue weighted by molar-refractivity contribution is 0.0496. The number of aryl methyl sites for hydroxylation is 2. The zero-order valence-corrected chi connectivity index (χ0v) is 12.2. The Morgan fingerprint density at radius 3 is 2.61 bits per heavy atom. The molecule has 0 N–H and O–H groups in total. The molecule has 2 atom stereocenters. The van der Waals surface area contributed by atoms with E-state index in [4.69, 9.17) is 16.3 Å². The third kappa shape index (κ3) is 2.59. The highest BCUT2D eigenvalue weighted by molar-refractivity contribution is 6.31. The van der Waals surface area contributed by atoms with Crippen LogP contribution < -0.4 is 4.90 Å². The van der Waals surface area contributed by atoms with Crippen molar-refractivity contribution >= 4 is 17.4 Å². The molecule has 1 aromatic rings. The van der Waals surface area contributed by atoms with Crippen LogP contribution in [0.25, 0.3) is 0 Å². The minimum atomic E-state index is 0.234. The minimum Gasteiger partial charge on any atom is -0.379 e. The molecular formula is C13H20ClN3O. The van der Waals surface area contributed by atoms with E-state index in [1.165, 1.54) is 0 Å². The van der Waals surface area contributed by atoms with Crippen LogP contribution in [0.5, 0.6) is 0 Å². The van der Waals surface area contributed by atoms with Crippen molar-refractivity contribution in [3.8, 4) is 0 Å². The van der Waals surface area contributed by atoms with Crippen LogP contribution in [-0.4, -0.2) is 36.3 Å². The Bertz CT molecular complexity index is 438. The number of hydrogen-bond acceptors (Lipinski definition) is 4. The van der Waals surface area contributed by atoms with Crippen LogP contribution in [0.2, 0.25) is 5.15 Å². The van der Waals surface area contributed by atoms with E-state index in [1.54, 1.807) is 7.11 Å². The lowest BCUT2D eigenvalue weighted by Crippen LogP contribution is -2.44. The fourth-order valence-electron chi connectivity index (χ4n) is 2.30. The summed E-state index contributed by atoms with van der Waals surface area (Å²) in [6.07, 6.45) is 1.32. The summed E-state index contributed by atoms with van der Waals surface area (Å²) in [6, 6.07) is 0. The fourth-order valence-corrected chi connectivity index (χ4v) is 2.59. The zero-order valence-electron chi connectivity index (χ0n) is 11.4. The molecule has 5 heteroatoms. The largest absolute Gasteiger partial charge is 0.379 e. The Hall–Kier alpha value is -0.870. The van der Waals surface area contributed by atoms with Crippen molar-refractivity contribution in [2.45, 2.75) is 33.3 Å². The Kier molecular flexibility index (Phi) is 4.07. The van der Waals surface area contributed by atoms with Gasteiger partial charge < -0.3 is 9.64 Å². The molecule has 1 aliphatic heterocycles. The first-order valence-electron chi connectivity index (χ1n) is 6.31. The van der Waals surface area contributed by atoms with Crippen LogP contribution >= 0.6 is 11.6 Å². The summed E-state index contributed by atoms with van der Waals surface area (Å²) in [4.78, 5) is 11.1. The van der Waals surface area contributed by atoms with E-state index in [-0.39, 0.29) is 6.10 Å². The Morgan fingerprint density at radius 1 is 1.28 bits per heavy atom. The van der Waals surface area contributed by atoms with Crippen molar-refractivity contribution in [1.29, 1.82) is 0 Å². The number of aromatic nitrogens is 2. The first-order valence-corrected chi connectivity index (χ1v) is 6.69. The van der Waals surface area contributed by atoms with Crippen molar-refractivity contribution in [3.63, 3.8) is 0 Å². The summed E-state index contributed by atoms with van der Waals surface area (Å²) in [5.74, 6) is 1.36. The molecule has 1 fully saturated rings. The fraction of sp³-hybridized carbons (Fsp3) is 0.692. The summed E-state index contributed by atoms with van der Waals surface area (Å²) in [6.45, 7) is 7.89. The maximum absolute atomic E-state index is 6.21. The highest BCUT2D eigenvalue weighted by Gasteiger charge is 2.28. The number of hydrogen-bond donors (Lipinski definition) is 0. The predicted octanol–water partition coefficient (Wildman–Crippen LogP) is 2.61. The van der Waals surface area contributed by atoms with E-state index in [0.29, 0.717) is 11.1 Å². The van der Waals surface area contributed by atoms with Gasteiger partial charge in [0, 0.05) is 20.2 Å². The molecule has 0 bridgehead atoms. The van der Waals surface area contributed by atoms with Crippen LogP contribution in [0, 0.1) is 19.8 Å². The third-order valence-electron chi connectivity index (χ3n) is 3.74. The maximum atomic E-state index is 6.21. The monoisotopic (exact) mass is 269 g/mol. The molecule has 0 aromatic carbocycles. The topological polar surface area (TPSA) is 38.2 Å². The SMILES string of the molecule is COC1CN(c2nc(C)c(C)nc2Cl)CCC1C. The molecular weight excluding hydrogens is 250 g/mol. The normalized spacial score (nSPS) is 24.4. The number of piperidine rings is 1. The van der Waals surface area contributed by atoms with Gasteiger partial charge in [-0.1, -0.05) is 18.5 Å². The Morgan fingerprint density at radius 2 is 1.94 bits per heavy atom. The molecule has 1 aromatic heterocycles.